The summed E-state index contributed by atoms with van der Waals surface area (Å²) in [6.07, 6.45) is 6.99. The molecule has 2 rings (SSSR count). The van der Waals surface area contributed by atoms with E-state index in [9.17, 15) is 0 Å². The van der Waals surface area contributed by atoms with Crippen LogP contribution in [0.25, 0.3) is 0 Å². The maximum Gasteiger partial charge on any atom is 0.124 e. The van der Waals surface area contributed by atoms with Gasteiger partial charge in [-0.1, -0.05) is 37.5 Å². The molecule has 0 saturated heterocycles. The summed E-state index contributed by atoms with van der Waals surface area (Å²) < 4.78 is 5.69. The molecule has 1 aromatic carbocycles. The Morgan fingerprint density at radius 2 is 1.95 bits per heavy atom. The molecule has 0 bridgehead atoms. The molecule has 0 amide bonds. The molecule has 0 heterocycles. The van der Waals surface area contributed by atoms with Gasteiger partial charge in [0.2, 0.25) is 0 Å². The second-order valence-electron chi connectivity index (χ2n) is 6.30. The SMILES string of the molecule is CCOc1ccccc1C(N)CN(C)CC1CCCCC1. The van der Waals surface area contributed by atoms with Crippen molar-refractivity contribution in [3.63, 3.8) is 0 Å². The molecule has 1 unspecified atom stereocenters. The normalized spacial score (nSPS) is 17.9. The first-order valence-corrected chi connectivity index (χ1v) is 8.36. The van der Waals surface area contributed by atoms with Gasteiger partial charge in [0.15, 0.2) is 0 Å². The molecular formula is C18H30N2O. The van der Waals surface area contributed by atoms with Gasteiger partial charge in [-0.15, -0.1) is 0 Å². The zero-order chi connectivity index (χ0) is 15.1. The third kappa shape index (κ3) is 5.01. The molecule has 21 heavy (non-hydrogen) atoms. The number of rotatable bonds is 7. The first-order chi connectivity index (χ1) is 10.2. The first kappa shape index (κ1) is 16.3. The van der Waals surface area contributed by atoms with Gasteiger partial charge in [0, 0.05) is 24.7 Å². The van der Waals surface area contributed by atoms with Crippen molar-refractivity contribution in [1.82, 2.24) is 4.90 Å². The van der Waals surface area contributed by atoms with Crippen LogP contribution in [0.2, 0.25) is 0 Å². The number of hydrogen-bond donors (Lipinski definition) is 1. The fraction of sp³-hybridized carbons (Fsp3) is 0.667. The van der Waals surface area contributed by atoms with E-state index in [0.29, 0.717) is 6.61 Å². The summed E-state index contributed by atoms with van der Waals surface area (Å²) in [5.41, 5.74) is 7.53. The minimum Gasteiger partial charge on any atom is -0.494 e. The Kier molecular flexibility index (Phi) is 6.52. The van der Waals surface area contributed by atoms with Crippen LogP contribution in [0.3, 0.4) is 0 Å². The molecule has 2 N–H and O–H groups in total. The smallest absolute Gasteiger partial charge is 0.124 e. The van der Waals surface area contributed by atoms with Crippen LogP contribution in [0.5, 0.6) is 5.75 Å². The number of likely N-dealkylation sites (N-methyl/N-ethyl adjacent to an activating group) is 1. The predicted molar refractivity (Wildman–Crippen MR) is 88.6 cm³/mol. The van der Waals surface area contributed by atoms with Crippen LogP contribution in [0.4, 0.5) is 0 Å². The van der Waals surface area contributed by atoms with E-state index in [-0.39, 0.29) is 6.04 Å². The maximum atomic E-state index is 6.41. The van der Waals surface area contributed by atoms with Gasteiger partial charge in [-0.2, -0.15) is 0 Å². The van der Waals surface area contributed by atoms with Crippen LogP contribution in [-0.4, -0.2) is 31.6 Å². The van der Waals surface area contributed by atoms with Crippen LogP contribution in [0, 0.1) is 5.92 Å². The Morgan fingerprint density at radius 3 is 2.67 bits per heavy atom. The molecule has 1 aromatic rings. The summed E-state index contributed by atoms with van der Waals surface area (Å²) in [5.74, 6) is 1.79. The van der Waals surface area contributed by atoms with E-state index in [1.807, 2.05) is 25.1 Å². The van der Waals surface area contributed by atoms with Crippen molar-refractivity contribution in [2.24, 2.45) is 11.7 Å². The van der Waals surface area contributed by atoms with Crippen molar-refractivity contribution in [3.05, 3.63) is 29.8 Å². The van der Waals surface area contributed by atoms with E-state index in [4.69, 9.17) is 10.5 Å². The number of nitrogens with zero attached hydrogens (tertiary/aromatic N) is 1. The Bertz CT molecular complexity index is 415. The van der Waals surface area contributed by atoms with Crippen LogP contribution >= 0.6 is 0 Å². The van der Waals surface area contributed by atoms with Gasteiger partial charge < -0.3 is 15.4 Å². The number of hydrogen-bond acceptors (Lipinski definition) is 3. The highest BCUT2D eigenvalue weighted by molar-refractivity contribution is 5.35. The zero-order valence-corrected chi connectivity index (χ0v) is 13.6. The van der Waals surface area contributed by atoms with E-state index < -0.39 is 0 Å². The molecule has 3 nitrogen and oxygen atoms in total. The number of nitrogens with two attached hydrogens (primary N) is 1. The van der Waals surface area contributed by atoms with Crippen molar-refractivity contribution < 1.29 is 4.74 Å². The quantitative estimate of drug-likeness (QED) is 0.834. The third-order valence-corrected chi connectivity index (χ3v) is 4.42. The van der Waals surface area contributed by atoms with Gasteiger partial charge in [-0.3, -0.25) is 0 Å². The summed E-state index contributed by atoms with van der Waals surface area (Å²) in [5, 5.41) is 0. The van der Waals surface area contributed by atoms with Crippen LogP contribution in [0.1, 0.15) is 50.6 Å². The third-order valence-electron chi connectivity index (χ3n) is 4.42. The van der Waals surface area contributed by atoms with E-state index in [0.717, 1.165) is 23.8 Å². The Balaban J connectivity index is 1.89. The monoisotopic (exact) mass is 290 g/mol. The average Bonchev–Trinajstić information content (AvgIpc) is 2.49. The van der Waals surface area contributed by atoms with Gasteiger partial charge in [0.1, 0.15) is 5.75 Å². The summed E-state index contributed by atoms with van der Waals surface area (Å²) in [7, 11) is 2.19. The minimum atomic E-state index is 0.0151. The molecular weight excluding hydrogens is 260 g/mol. The molecule has 0 radical (unpaired) electrons. The highest BCUT2D eigenvalue weighted by atomic mass is 16.5. The second-order valence-corrected chi connectivity index (χ2v) is 6.30. The zero-order valence-electron chi connectivity index (χ0n) is 13.6. The van der Waals surface area contributed by atoms with Gasteiger partial charge in [0.25, 0.3) is 0 Å². The number of benzene rings is 1. The van der Waals surface area contributed by atoms with Crippen molar-refractivity contribution in [3.8, 4) is 5.75 Å². The fourth-order valence-electron chi connectivity index (χ4n) is 3.39. The Morgan fingerprint density at radius 1 is 1.24 bits per heavy atom. The molecule has 1 atom stereocenters. The molecule has 0 aliphatic heterocycles. The molecule has 3 heteroatoms. The fourth-order valence-corrected chi connectivity index (χ4v) is 3.39. The summed E-state index contributed by atoms with van der Waals surface area (Å²) >= 11 is 0. The van der Waals surface area contributed by atoms with Crippen LogP contribution in [-0.2, 0) is 0 Å². The lowest BCUT2D eigenvalue weighted by Crippen LogP contribution is -2.33. The summed E-state index contributed by atoms with van der Waals surface area (Å²) in [6, 6.07) is 8.16. The molecule has 0 spiro atoms. The van der Waals surface area contributed by atoms with Crippen LogP contribution in [0.15, 0.2) is 24.3 Å². The number of ether oxygens (including phenoxy) is 1. The topological polar surface area (TPSA) is 38.5 Å². The van der Waals surface area contributed by atoms with Gasteiger partial charge in [-0.25, -0.2) is 0 Å². The van der Waals surface area contributed by atoms with Gasteiger partial charge >= 0.3 is 0 Å². The first-order valence-electron chi connectivity index (χ1n) is 8.36. The number of para-hydroxylation sites is 1. The van der Waals surface area contributed by atoms with Crippen LogP contribution < -0.4 is 10.5 Å². The molecule has 0 aromatic heterocycles. The highest BCUT2D eigenvalue weighted by Gasteiger charge is 2.18. The molecule has 1 fully saturated rings. The largest absolute Gasteiger partial charge is 0.494 e. The van der Waals surface area contributed by atoms with Crippen molar-refractivity contribution in [1.29, 1.82) is 0 Å². The summed E-state index contributed by atoms with van der Waals surface area (Å²) in [6.45, 7) is 4.75. The standard InChI is InChI=1S/C18H30N2O/c1-3-21-18-12-8-7-11-16(18)17(19)14-20(2)13-15-9-5-4-6-10-15/h7-8,11-12,15,17H,3-6,9-10,13-14,19H2,1-2H3. The maximum absolute atomic E-state index is 6.41. The lowest BCUT2D eigenvalue weighted by molar-refractivity contribution is 0.223. The molecule has 118 valence electrons. The van der Waals surface area contributed by atoms with E-state index >= 15 is 0 Å². The van der Waals surface area contributed by atoms with Gasteiger partial charge in [-0.05, 0) is 38.8 Å². The molecule has 1 aliphatic rings. The second kappa shape index (κ2) is 8.40. The Hall–Kier alpha value is -1.06. The lowest BCUT2D eigenvalue weighted by atomic mass is 9.89. The minimum absolute atomic E-state index is 0.0151. The van der Waals surface area contributed by atoms with Gasteiger partial charge in [0.05, 0.1) is 6.61 Å². The summed E-state index contributed by atoms with van der Waals surface area (Å²) in [4.78, 5) is 2.39. The average molecular weight is 290 g/mol. The molecule has 1 saturated carbocycles. The van der Waals surface area contributed by atoms with E-state index in [1.165, 1.54) is 38.6 Å². The molecule has 1 aliphatic carbocycles. The van der Waals surface area contributed by atoms with Crippen molar-refractivity contribution in [2.45, 2.75) is 45.1 Å². The van der Waals surface area contributed by atoms with Crippen molar-refractivity contribution >= 4 is 0 Å². The van der Waals surface area contributed by atoms with Crippen molar-refractivity contribution in [2.75, 3.05) is 26.7 Å². The van der Waals surface area contributed by atoms with E-state index in [1.54, 1.807) is 0 Å². The lowest BCUT2D eigenvalue weighted by Gasteiger charge is -2.29. The highest BCUT2D eigenvalue weighted by Crippen LogP contribution is 2.26. The Labute approximate surface area is 129 Å². The van der Waals surface area contributed by atoms with E-state index in [2.05, 4.69) is 18.0 Å². The predicted octanol–water partition coefficient (Wildman–Crippen LogP) is 3.60.